The van der Waals surface area contributed by atoms with E-state index in [-0.39, 0.29) is 11.8 Å². The molecule has 0 spiro atoms. The van der Waals surface area contributed by atoms with Gasteiger partial charge in [0.1, 0.15) is 15.6 Å². The van der Waals surface area contributed by atoms with Crippen molar-refractivity contribution in [1.29, 1.82) is 0 Å². The molecule has 4 rings (SSSR count). The lowest BCUT2D eigenvalue weighted by Gasteiger charge is -2.22. The second-order valence-corrected chi connectivity index (χ2v) is 8.80. The maximum absolute atomic E-state index is 13.0. The first-order chi connectivity index (χ1) is 15.6. The van der Waals surface area contributed by atoms with Crippen LogP contribution in [0.5, 0.6) is 5.75 Å². The molecule has 0 radical (unpaired) electrons. The molecule has 2 heterocycles. The summed E-state index contributed by atoms with van der Waals surface area (Å²) in [5.41, 5.74) is 2.13. The molecular weight excluding hydrogens is 422 g/mol. The van der Waals surface area contributed by atoms with Crippen molar-refractivity contribution in [2.75, 3.05) is 33.3 Å². The fourth-order valence-electron chi connectivity index (χ4n) is 3.81. The lowest BCUT2D eigenvalue weighted by molar-refractivity contribution is -0.131. The number of methoxy groups -OCH3 is 1. The Morgan fingerprint density at radius 2 is 1.69 bits per heavy atom. The third-order valence-electron chi connectivity index (χ3n) is 5.66. The van der Waals surface area contributed by atoms with Gasteiger partial charge in [-0.3, -0.25) is 9.59 Å². The molecule has 2 amide bonds. The predicted molar refractivity (Wildman–Crippen MR) is 126 cm³/mol. The highest BCUT2D eigenvalue weighted by molar-refractivity contribution is 7.16. The van der Waals surface area contributed by atoms with E-state index in [4.69, 9.17) is 4.74 Å². The Bertz CT molecular complexity index is 1050. The zero-order valence-electron chi connectivity index (χ0n) is 18.2. The molecule has 7 heteroatoms. The number of amides is 2. The number of carbonyl (C=O) groups is 2. The average Bonchev–Trinajstić information content (AvgIpc) is 3.21. The van der Waals surface area contributed by atoms with Gasteiger partial charge in [-0.05, 0) is 30.5 Å². The zero-order chi connectivity index (χ0) is 22.3. The van der Waals surface area contributed by atoms with Gasteiger partial charge in [0.05, 0.1) is 13.3 Å². The minimum absolute atomic E-state index is 0.00258. The summed E-state index contributed by atoms with van der Waals surface area (Å²) in [7, 11) is 1.64. The van der Waals surface area contributed by atoms with Crippen LogP contribution in [0, 0.1) is 0 Å². The van der Waals surface area contributed by atoms with Crippen molar-refractivity contribution in [2.45, 2.75) is 19.3 Å². The molecule has 0 saturated carbocycles. The molecular formula is C25H27N3O3S. The van der Waals surface area contributed by atoms with Gasteiger partial charge in [0, 0.05) is 38.2 Å². The van der Waals surface area contributed by atoms with Gasteiger partial charge >= 0.3 is 0 Å². The number of aryl methyl sites for hydroxylation is 1. The van der Waals surface area contributed by atoms with Gasteiger partial charge in [0.25, 0.3) is 5.91 Å². The first-order valence-corrected chi connectivity index (χ1v) is 11.7. The maximum atomic E-state index is 13.0. The van der Waals surface area contributed by atoms with Gasteiger partial charge in [-0.1, -0.05) is 42.5 Å². The Morgan fingerprint density at radius 1 is 0.969 bits per heavy atom. The fraction of sp³-hybridized carbons (Fsp3) is 0.320. The zero-order valence-corrected chi connectivity index (χ0v) is 19.0. The summed E-state index contributed by atoms with van der Waals surface area (Å²) in [5.74, 6) is 0.950. The number of carbonyl (C=O) groups excluding carboxylic acids is 2. The van der Waals surface area contributed by atoms with Crippen LogP contribution in [0.25, 0.3) is 10.6 Å². The highest BCUT2D eigenvalue weighted by Gasteiger charge is 2.24. The van der Waals surface area contributed by atoms with Gasteiger partial charge in [0.2, 0.25) is 5.91 Å². The van der Waals surface area contributed by atoms with Gasteiger partial charge in [-0.2, -0.15) is 0 Å². The van der Waals surface area contributed by atoms with E-state index in [2.05, 4.69) is 4.98 Å². The van der Waals surface area contributed by atoms with Crippen molar-refractivity contribution in [3.8, 4) is 16.3 Å². The van der Waals surface area contributed by atoms with Crippen molar-refractivity contribution >= 4 is 23.2 Å². The van der Waals surface area contributed by atoms with Crippen molar-refractivity contribution in [3.05, 3.63) is 71.2 Å². The smallest absolute Gasteiger partial charge is 0.265 e. The highest BCUT2D eigenvalue weighted by atomic mass is 32.1. The number of hydrogen-bond donors (Lipinski definition) is 0. The molecule has 3 aromatic rings. The van der Waals surface area contributed by atoms with E-state index in [0.29, 0.717) is 43.9 Å². The number of hydrogen-bond acceptors (Lipinski definition) is 5. The summed E-state index contributed by atoms with van der Waals surface area (Å²) in [6.07, 6.45) is 3.61. The lowest BCUT2D eigenvalue weighted by atomic mass is 10.1. The molecule has 1 aliphatic heterocycles. The second kappa shape index (κ2) is 10.4. The normalized spacial score (nSPS) is 14.2. The molecule has 1 saturated heterocycles. The van der Waals surface area contributed by atoms with Crippen LogP contribution in [-0.4, -0.2) is 59.9 Å². The fourth-order valence-corrected chi connectivity index (χ4v) is 4.70. The first-order valence-electron chi connectivity index (χ1n) is 10.9. The number of thiazole rings is 1. The predicted octanol–water partition coefficient (Wildman–Crippen LogP) is 4.13. The summed E-state index contributed by atoms with van der Waals surface area (Å²) in [6.45, 7) is 2.45. The van der Waals surface area contributed by atoms with E-state index in [1.54, 1.807) is 13.3 Å². The molecule has 1 aromatic heterocycles. The van der Waals surface area contributed by atoms with Crippen LogP contribution in [0.3, 0.4) is 0 Å². The number of aromatic nitrogens is 1. The molecule has 0 bridgehead atoms. The lowest BCUT2D eigenvalue weighted by Crippen LogP contribution is -2.37. The molecule has 32 heavy (non-hydrogen) atoms. The third-order valence-corrected chi connectivity index (χ3v) is 6.69. The van der Waals surface area contributed by atoms with Crippen LogP contribution in [0.4, 0.5) is 0 Å². The van der Waals surface area contributed by atoms with Crippen molar-refractivity contribution in [1.82, 2.24) is 14.8 Å². The molecule has 2 aromatic carbocycles. The number of benzene rings is 2. The van der Waals surface area contributed by atoms with Gasteiger partial charge in [0.15, 0.2) is 0 Å². The third kappa shape index (κ3) is 5.34. The minimum atomic E-state index is -0.00258. The number of rotatable bonds is 6. The Hall–Kier alpha value is -3.19. The summed E-state index contributed by atoms with van der Waals surface area (Å²) < 4.78 is 5.18. The van der Waals surface area contributed by atoms with Gasteiger partial charge in [-0.15, -0.1) is 11.3 Å². The van der Waals surface area contributed by atoms with Gasteiger partial charge < -0.3 is 14.5 Å². The minimum Gasteiger partial charge on any atom is -0.497 e. The van der Waals surface area contributed by atoms with Crippen molar-refractivity contribution < 1.29 is 14.3 Å². The van der Waals surface area contributed by atoms with Crippen molar-refractivity contribution in [3.63, 3.8) is 0 Å². The summed E-state index contributed by atoms with van der Waals surface area (Å²) in [5, 5.41) is 0.846. The summed E-state index contributed by atoms with van der Waals surface area (Å²) in [6, 6.07) is 17.7. The monoisotopic (exact) mass is 449 g/mol. The summed E-state index contributed by atoms with van der Waals surface area (Å²) in [4.78, 5) is 34.6. The second-order valence-electron chi connectivity index (χ2n) is 7.77. The Labute approximate surface area is 192 Å². The Kier molecular flexibility index (Phi) is 7.17. The molecule has 0 aliphatic carbocycles. The largest absolute Gasteiger partial charge is 0.497 e. The van der Waals surface area contributed by atoms with E-state index in [9.17, 15) is 9.59 Å². The molecule has 166 valence electrons. The van der Waals surface area contributed by atoms with Crippen LogP contribution in [0.2, 0.25) is 0 Å². The van der Waals surface area contributed by atoms with E-state index in [1.165, 1.54) is 11.3 Å². The molecule has 1 fully saturated rings. The highest BCUT2D eigenvalue weighted by Crippen LogP contribution is 2.26. The van der Waals surface area contributed by atoms with Crippen LogP contribution in [0.15, 0.2) is 60.8 Å². The Morgan fingerprint density at radius 3 is 2.44 bits per heavy atom. The Balaban J connectivity index is 1.31. The first kappa shape index (κ1) is 22.0. The standard InChI is InChI=1S/C25H27N3O3S/c1-31-21-11-8-19(9-12-21)10-13-23(29)27-14-5-15-28(17-16-27)25(30)22-18-26-24(32-22)20-6-3-2-4-7-20/h2-4,6-9,11-12,18H,5,10,13-17H2,1H3. The van der Waals surface area contributed by atoms with E-state index in [1.807, 2.05) is 64.4 Å². The quantitative estimate of drug-likeness (QED) is 0.568. The topological polar surface area (TPSA) is 62.7 Å². The van der Waals surface area contributed by atoms with Crippen LogP contribution >= 0.6 is 11.3 Å². The molecule has 0 unspecified atom stereocenters. The van der Waals surface area contributed by atoms with Crippen LogP contribution in [-0.2, 0) is 11.2 Å². The maximum Gasteiger partial charge on any atom is 0.265 e. The van der Waals surface area contributed by atoms with Crippen LogP contribution in [0.1, 0.15) is 28.1 Å². The molecule has 6 nitrogen and oxygen atoms in total. The van der Waals surface area contributed by atoms with E-state index in [0.717, 1.165) is 28.3 Å². The van der Waals surface area contributed by atoms with E-state index < -0.39 is 0 Å². The summed E-state index contributed by atoms with van der Waals surface area (Å²) >= 11 is 1.42. The number of ether oxygens (including phenoxy) is 1. The average molecular weight is 450 g/mol. The molecule has 0 N–H and O–H groups in total. The van der Waals surface area contributed by atoms with E-state index >= 15 is 0 Å². The van der Waals surface area contributed by atoms with Gasteiger partial charge in [-0.25, -0.2) is 4.98 Å². The van der Waals surface area contributed by atoms with Crippen molar-refractivity contribution in [2.24, 2.45) is 0 Å². The SMILES string of the molecule is COc1ccc(CCC(=O)N2CCCN(C(=O)c3cnc(-c4ccccc4)s3)CC2)cc1. The molecule has 0 atom stereocenters. The molecule has 1 aliphatic rings. The van der Waals surface area contributed by atoms with Crippen LogP contribution < -0.4 is 4.74 Å². The number of nitrogens with zero attached hydrogens (tertiary/aromatic N) is 3.